The number of anilines is 3. The zero-order chi connectivity index (χ0) is 70.3. The molecule has 0 saturated heterocycles. The molecule has 0 fully saturated rings. The van der Waals surface area contributed by atoms with E-state index in [1.807, 2.05) is 0 Å². The molecule has 107 heavy (non-hydrogen) atoms. The molecule has 0 spiro atoms. The monoisotopic (exact) mass is 1360 g/mol. The molecule has 2 aromatic heterocycles. The van der Waals surface area contributed by atoms with Gasteiger partial charge in [-0.05, 0) is 189 Å². The van der Waals surface area contributed by atoms with Gasteiger partial charge in [0.2, 0.25) is 0 Å². The highest BCUT2D eigenvalue weighted by atomic mass is 15.2. The number of benzene rings is 17. The predicted octanol–water partition coefficient (Wildman–Crippen LogP) is 24.5. The first-order valence-corrected chi connectivity index (χ1v) is 37.2. The average Bonchev–Trinajstić information content (AvgIpc) is 1.58. The minimum Gasteiger partial charge on any atom is -0.310 e. The largest absolute Gasteiger partial charge is 0.310 e. The van der Waals surface area contributed by atoms with Crippen molar-refractivity contribution >= 4 is 83.8 Å². The molecular formula is C103H66BN3. The van der Waals surface area contributed by atoms with Gasteiger partial charge in [0.15, 0.2) is 0 Å². The second-order valence-electron chi connectivity index (χ2n) is 29.0. The van der Waals surface area contributed by atoms with E-state index in [4.69, 9.17) is 0 Å². The normalized spacial score (nSPS) is 12.9. The summed E-state index contributed by atoms with van der Waals surface area (Å²) in [5.74, 6) is 0. The molecule has 3 aliphatic rings. The highest BCUT2D eigenvalue weighted by Gasteiger charge is 2.48. The van der Waals surface area contributed by atoms with Crippen molar-refractivity contribution in [1.29, 1.82) is 0 Å². The lowest BCUT2D eigenvalue weighted by Gasteiger charge is -2.42. The zero-order valence-electron chi connectivity index (χ0n) is 58.5. The summed E-state index contributed by atoms with van der Waals surface area (Å²) in [5, 5.41) is 4.83. The molecule has 0 bridgehead atoms. The quantitative estimate of drug-likeness (QED) is 0.118. The van der Waals surface area contributed by atoms with Gasteiger partial charge in [-0.25, -0.2) is 0 Å². The van der Waals surface area contributed by atoms with E-state index < -0.39 is 5.41 Å². The van der Waals surface area contributed by atoms with Crippen LogP contribution in [-0.2, 0) is 5.41 Å². The lowest BCUT2D eigenvalue weighted by atomic mass is 9.33. The maximum Gasteiger partial charge on any atom is 0.252 e. The van der Waals surface area contributed by atoms with Crippen LogP contribution in [0.15, 0.2) is 400 Å². The first-order chi connectivity index (χ1) is 53.1. The number of fused-ring (bicyclic) bond motifs is 13. The maximum atomic E-state index is 2.73. The molecule has 4 heteroatoms. The Labute approximate surface area is 622 Å². The van der Waals surface area contributed by atoms with Gasteiger partial charge >= 0.3 is 0 Å². The maximum absolute atomic E-state index is 2.73. The van der Waals surface area contributed by atoms with Crippen LogP contribution in [0.25, 0.3) is 144 Å². The van der Waals surface area contributed by atoms with Gasteiger partial charge in [-0.2, -0.15) is 0 Å². The summed E-state index contributed by atoms with van der Waals surface area (Å²) in [5.41, 5.74) is 37.2. The van der Waals surface area contributed by atoms with Gasteiger partial charge in [0, 0.05) is 60.9 Å². The van der Waals surface area contributed by atoms with Gasteiger partial charge < -0.3 is 14.0 Å². The Morgan fingerprint density at radius 3 is 1.25 bits per heavy atom. The van der Waals surface area contributed by atoms with Crippen LogP contribution in [0.1, 0.15) is 22.3 Å². The molecule has 17 aromatic carbocycles. The summed E-state index contributed by atoms with van der Waals surface area (Å²) >= 11 is 0. The fourth-order valence-electron chi connectivity index (χ4n) is 18.7. The number of hydrogen-bond donors (Lipinski definition) is 0. The van der Waals surface area contributed by atoms with Crippen molar-refractivity contribution in [2.75, 3.05) is 4.90 Å². The summed E-state index contributed by atoms with van der Waals surface area (Å²) < 4.78 is 5.24. The Balaban J connectivity index is 0.915. The Bertz CT molecular complexity index is 6640. The zero-order valence-corrected chi connectivity index (χ0v) is 58.5. The second kappa shape index (κ2) is 24.2. The average molecular weight is 1360 g/mol. The van der Waals surface area contributed by atoms with Gasteiger partial charge in [-0.1, -0.05) is 328 Å². The third-order valence-corrected chi connectivity index (χ3v) is 23.3. The summed E-state index contributed by atoms with van der Waals surface area (Å²) in [6.07, 6.45) is 0. The van der Waals surface area contributed by atoms with Gasteiger partial charge in [-0.3, -0.25) is 0 Å². The standard InChI is InChI=1S/C103H66BN3/c1-8-29-67(30-9-1)71-37-24-40-74(57-71)78-61-98-100-99(62-78)107(101-82(76-41-25-38-72(58-76)68-31-10-2-11-32-68)50-27-51-83(101)77-42-26-39-73(59-77)69-33-12-3-13-34-69)97-64-89-85-56-55-75(70-35-14-4-15-36-70)60-94(85)105(81-47-20-7-21-48-81)96(89)66-93(97)104(100)92-54-28-52-86-88-63-87-84-49-22-23-53-90(84)103(79-43-16-5-17-44-79,80-45-18-6-19-46-80)91(87)65-95(88)106(98)102(86)92/h1-66H. The van der Waals surface area contributed by atoms with Gasteiger partial charge in [0.25, 0.3) is 6.71 Å². The first-order valence-electron chi connectivity index (χ1n) is 37.2. The molecule has 3 nitrogen and oxygen atoms in total. The van der Waals surface area contributed by atoms with Crippen LogP contribution in [-0.4, -0.2) is 15.8 Å². The minimum absolute atomic E-state index is 0.235. The molecule has 1 aliphatic carbocycles. The molecule has 0 saturated carbocycles. The highest BCUT2D eigenvalue weighted by molar-refractivity contribution is 7.00. The van der Waals surface area contributed by atoms with Crippen molar-refractivity contribution in [2.24, 2.45) is 0 Å². The van der Waals surface area contributed by atoms with Crippen molar-refractivity contribution in [3.8, 4) is 100 Å². The van der Waals surface area contributed by atoms with Crippen molar-refractivity contribution in [3.63, 3.8) is 0 Å². The van der Waals surface area contributed by atoms with E-state index in [-0.39, 0.29) is 6.71 Å². The Hall–Kier alpha value is -13.8. The van der Waals surface area contributed by atoms with Crippen LogP contribution in [0.2, 0.25) is 0 Å². The van der Waals surface area contributed by atoms with E-state index in [9.17, 15) is 0 Å². The van der Waals surface area contributed by atoms with Crippen molar-refractivity contribution in [3.05, 3.63) is 423 Å². The van der Waals surface area contributed by atoms with Crippen LogP contribution in [0.5, 0.6) is 0 Å². The topological polar surface area (TPSA) is 13.1 Å². The van der Waals surface area contributed by atoms with Crippen molar-refractivity contribution in [2.45, 2.75) is 5.41 Å². The van der Waals surface area contributed by atoms with Crippen LogP contribution in [0, 0.1) is 0 Å². The van der Waals surface area contributed by atoms with Crippen molar-refractivity contribution in [1.82, 2.24) is 9.13 Å². The first kappa shape index (κ1) is 60.8. The number of nitrogens with zero attached hydrogens (tertiary/aromatic N) is 3. The lowest BCUT2D eigenvalue weighted by molar-refractivity contribution is 0.769. The van der Waals surface area contributed by atoms with E-state index in [0.29, 0.717) is 0 Å². The summed E-state index contributed by atoms with van der Waals surface area (Å²) in [6, 6.07) is 151. The molecule has 22 rings (SSSR count). The fraction of sp³-hybridized carbons (Fsp3) is 0.00971. The van der Waals surface area contributed by atoms with E-state index in [1.165, 1.54) is 116 Å². The van der Waals surface area contributed by atoms with Gasteiger partial charge in [0.1, 0.15) is 0 Å². The van der Waals surface area contributed by atoms with Crippen LogP contribution in [0.4, 0.5) is 17.1 Å². The predicted molar refractivity (Wildman–Crippen MR) is 450 cm³/mol. The summed E-state index contributed by atoms with van der Waals surface area (Å²) in [7, 11) is 0. The molecule has 496 valence electrons. The molecular weight excluding hydrogens is 1290 g/mol. The lowest BCUT2D eigenvalue weighted by Crippen LogP contribution is -2.60. The van der Waals surface area contributed by atoms with Crippen molar-refractivity contribution < 1.29 is 0 Å². The summed E-state index contributed by atoms with van der Waals surface area (Å²) in [4.78, 5) is 2.73. The van der Waals surface area contributed by atoms with Crippen LogP contribution < -0.4 is 21.3 Å². The fourth-order valence-corrected chi connectivity index (χ4v) is 18.7. The molecule has 0 unspecified atom stereocenters. The number of hydrogen-bond acceptors (Lipinski definition) is 1. The Kier molecular flexibility index (Phi) is 13.7. The number of aromatic nitrogens is 2. The third kappa shape index (κ3) is 9.29. The second-order valence-corrected chi connectivity index (χ2v) is 29.0. The smallest absolute Gasteiger partial charge is 0.252 e. The number of rotatable bonds is 11. The molecule has 0 N–H and O–H groups in total. The molecule has 2 aliphatic heterocycles. The Morgan fingerprint density at radius 2 is 0.664 bits per heavy atom. The van der Waals surface area contributed by atoms with Gasteiger partial charge in [-0.15, -0.1) is 0 Å². The molecule has 4 heterocycles. The Morgan fingerprint density at radius 1 is 0.224 bits per heavy atom. The summed E-state index contributed by atoms with van der Waals surface area (Å²) in [6.45, 7) is -0.235. The molecule has 19 aromatic rings. The molecule has 0 amide bonds. The van der Waals surface area contributed by atoms with E-state index in [1.54, 1.807) is 0 Å². The third-order valence-electron chi connectivity index (χ3n) is 23.3. The molecule has 0 radical (unpaired) electrons. The number of para-hydroxylation sites is 3. The van der Waals surface area contributed by atoms with E-state index >= 15 is 0 Å². The minimum atomic E-state index is -0.630. The van der Waals surface area contributed by atoms with E-state index in [0.717, 1.165) is 84.0 Å². The van der Waals surface area contributed by atoms with Crippen LogP contribution in [0.3, 0.4) is 0 Å². The van der Waals surface area contributed by atoms with Crippen LogP contribution >= 0.6 is 0 Å². The highest BCUT2D eigenvalue weighted by Crippen LogP contribution is 2.59. The van der Waals surface area contributed by atoms with Gasteiger partial charge in [0.05, 0.1) is 27.7 Å². The molecule has 0 atom stereocenters. The SMILES string of the molecule is c1ccc(-c2cccc(-c3cc4c5c(c3)-n3c6cc7c(cc6c6cccc(c63)B5c3cc5c(cc3N4c3c(-c4cccc(-c6ccccc6)c4)cccc3-c3cccc(-c4ccccc4)c3)c3ccc(-c4ccccc4)cc3n5-c3ccccc3)-c3ccccc3C7(c3ccccc3)c3ccccc3)c2)cc1. The van der Waals surface area contributed by atoms with E-state index in [2.05, 4.69) is 414 Å².